The molecule has 1 saturated carbocycles. The van der Waals surface area contributed by atoms with Crippen molar-refractivity contribution < 1.29 is 23.5 Å². The molecule has 12 heteroatoms. The van der Waals surface area contributed by atoms with E-state index in [1.807, 2.05) is 0 Å². The summed E-state index contributed by atoms with van der Waals surface area (Å²) >= 11 is 4.57. The summed E-state index contributed by atoms with van der Waals surface area (Å²) in [4.78, 5) is 34.7. The van der Waals surface area contributed by atoms with Crippen molar-refractivity contribution in [3.63, 3.8) is 0 Å². The van der Waals surface area contributed by atoms with Crippen molar-refractivity contribution in [2.45, 2.75) is 89.1 Å². The van der Waals surface area contributed by atoms with Crippen LogP contribution >= 0.6 is 27.7 Å². The summed E-state index contributed by atoms with van der Waals surface area (Å²) in [5.74, 6) is -0.651. The Balaban J connectivity index is 1.92. The molecule has 2 amide bonds. The van der Waals surface area contributed by atoms with Crippen LogP contribution in [0, 0.1) is 23.1 Å². The fraction of sp³-hybridized carbons (Fsp3) is 0.571. The fourth-order valence-corrected chi connectivity index (χ4v) is 6.33. The summed E-state index contributed by atoms with van der Waals surface area (Å²) in [6, 6.07) is 3.03. The number of aromatic nitrogens is 1. The molecule has 2 bridgehead atoms. The number of pyridine rings is 1. The average Bonchev–Trinajstić information content (AvgIpc) is 3.43. The van der Waals surface area contributed by atoms with Crippen LogP contribution in [0.5, 0.6) is 0 Å². The first kappa shape index (κ1) is 30.2. The van der Waals surface area contributed by atoms with E-state index in [1.54, 1.807) is 58.8 Å². The molecule has 3 atom stereocenters. The maximum absolute atomic E-state index is 15.8. The average molecular weight is 637 g/mol. The molecule has 5 rings (SSSR count). The van der Waals surface area contributed by atoms with Gasteiger partial charge in [-0.05, 0) is 88.2 Å². The third kappa shape index (κ3) is 5.68. The van der Waals surface area contributed by atoms with Crippen molar-refractivity contribution in [3.8, 4) is 6.07 Å². The summed E-state index contributed by atoms with van der Waals surface area (Å²) in [5.41, 5.74) is 6.30. The number of nitrogen functional groups attached to an aromatic ring is 1. The largest absolute Gasteiger partial charge is 0.444 e. The minimum atomic E-state index is -0.824. The molecular formula is C28H35BrFN5O4S. The van der Waals surface area contributed by atoms with Gasteiger partial charge in [-0.3, -0.25) is 4.90 Å². The first-order valence-corrected chi connectivity index (χ1v) is 15.1. The Morgan fingerprint density at radius 1 is 1.27 bits per heavy atom. The van der Waals surface area contributed by atoms with Crippen LogP contribution in [0.4, 0.5) is 25.4 Å². The Morgan fingerprint density at radius 3 is 2.50 bits per heavy atom. The van der Waals surface area contributed by atoms with Gasteiger partial charge in [0.2, 0.25) is 0 Å². The predicted octanol–water partition coefficient (Wildman–Crippen LogP) is 6.65. The Kier molecular flexibility index (Phi) is 8.22. The standard InChI is InChI=1S/C28H35BrFN5O4S/c1-27(2,3)38-25(36)34-13-15-12-17(34)22(15)35(26(37)39-28(4,5)6)23-16-11-14(9-8-10-31)18(29)19(30)21(16)33-24(40-7)20(23)32/h11,15,17,22H,8-9,12-13,32H2,1-7H3/t15-,17-,22+/m0/s1. The minimum Gasteiger partial charge on any atom is -0.444 e. The molecule has 3 heterocycles. The third-order valence-electron chi connectivity index (χ3n) is 6.92. The Labute approximate surface area is 246 Å². The number of benzene rings is 1. The second-order valence-electron chi connectivity index (χ2n) is 12.1. The highest BCUT2D eigenvalue weighted by Gasteiger charge is 2.59. The van der Waals surface area contributed by atoms with Gasteiger partial charge in [0, 0.05) is 24.3 Å². The number of anilines is 2. The van der Waals surface area contributed by atoms with Gasteiger partial charge in [0.05, 0.1) is 34.0 Å². The molecule has 40 heavy (non-hydrogen) atoms. The van der Waals surface area contributed by atoms with E-state index in [2.05, 4.69) is 27.0 Å². The Morgan fingerprint density at radius 2 is 1.93 bits per heavy atom. The molecule has 1 aromatic carbocycles. The van der Waals surface area contributed by atoms with Crippen molar-refractivity contribution in [1.29, 1.82) is 5.26 Å². The molecule has 0 radical (unpaired) electrons. The number of ether oxygens (including phenoxy) is 2. The van der Waals surface area contributed by atoms with E-state index in [0.717, 1.165) is 0 Å². The maximum Gasteiger partial charge on any atom is 0.415 e. The lowest BCUT2D eigenvalue weighted by Crippen LogP contribution is -2.59. The van der Waals surface area contributed by atoms with E-state index in [4.69, 9.17) is 20.5 Å². The second-order valence-corrected chi connectivity index (χ2v) is 13.7. The number of hydrogen-bond donors (Lipinski definition) is 1. The van der Waals surface area contributed by atoms with Crippen molar-refractivity contribution in [2.75, 3.05) is 23.4 Å². The highest BCUT2D eigenvalue weighted by atomic mass is 79.9. The van der Waals surface area contributed by atoms with E-state index in [1.165, 1.54) is 16.7 Å². The molecule has 0 spiro atoms. The third-order valence-corrected chi connectivity index (χ3v) is 8.48. The highest BCUT2D eigenvalue weighted by Crippen LogP contribution is 2.50. The van der Waals surface area contributed by atoms with Crippen LogP contribution in [0.1, 0.15) is 59.9 Å². The predicted molar refractivity (Wildman–Crippen MR) is 157 cm³/mol. The molecule has 2 aliphatic heterocycles. The summed E-state index contributed by atoms with van der Waals surface area (Å²) in [6.07, 6.45) is 1.84. The van der Waals surface area contributed by atoms with Gasteiger partial charge in [0.15, 0.2) is 5.82 Å². The van der Waals surface area contributed by atoms with E-state index >= 15 is 4.39 Å². The summed E-state index contributed by atoms with van der Waals surface area (Å²) in [6.45, 7) is 11.1. The van der Waals surface area contributed by atoms with Gasteiger partial charge in [-0.1, -0.05) is 0 Å². The summed E-state index contributed by atoms with van der Waals surface area (Å²) < 4.78 is 27.5. The first-order valence-electron chi connectivity index (χ1n) is 13.1. The Bertz CT molecular complexity index is 1400. The summed E-state index contributed by atoms with van der Waals surface area (Å²) in [5, 5.41) is 9.85. The molecule has 9 nitrogen and oxygen atoms in total. The zero-order valence-corrected chi connectivity index (χ0v) is 26.2. The van der Waals surface area contributed by atoms with Crippen LogP contribution < -0.4 is 10.6 Å². The highest BCUT2D eigenvalue weighted by molar-refractivity contribution is 9.10. The van der Waals surface area contributed by atoms with E-state index in [-0.39, 0.29) is 34.1 Å². The number of nitriles is 1. The number of nitrogens with zero attached hydrogens (tertiary/aromatic N) is 4. The lowest BCUT2D eigenvalue weighted by Gasteiger charge is -2.44. The van der Waals surface area contributed by atoms with Gasteiger partial charge in [-0.15, -0.1) is 11.8 Å². The number of amides is 2. The molecule has 1 aliphatic carbocycles. The van der Waals surface area contributed by atoms with Gasteiger partial charge in [-0.25, -0.2) is 19.0 Å². The van der Waals surface area contributed by atoms with Crippen LogP contribution in [0.15, 0.2) is 15.6 Å². The number of carbonyl (C=O) groups excluding carboxylic acids is 2. The number of nitrogens with two attached hydrogens (primary N) is 1. The minimum absolute atomic E-state index is 0.0466. The molecule has 1 aromatic heterocycles. The maximum atomic E-state index is 15.8. The number of fused-ring (bicyclic) bond motifs is 2. The quantitative estimate of drug-likeness (QED) is 0.363. The number of thioether (sulfide) groups is 1. The number of rotatable bonds is 5. The molecular weight excluding hydrogens is 601 g/mol. The van der Waals surface area contributed by atoms with Gasteiger partial charge in [0.1, 0.15) is 21.7 Å². The van der Waals surface area contributed by atoms with Gasteiger partial charge in [-0.2, -0.15) is 5.26 Å². The van der Waals surface area contributed by atoms with Crippen LogP contribution in [0.25, 0.3) is 10.9 Å². The molecule has 216 valence electrons. The van der Waals surface area contributed by atoms with E-state index in [0.29, 0.717) is 41.0 Å². The van der Waals surface area contributed by atoms with Gasteiger partial charge in [0.25, 0.3) is 0 Å². The zero-order chi connectivity index (χ0) is 29.7. The van der Waals surface area contributed by atoms with Crippen molar-refractivity contribution in [3.05, 3.63) is 21.9 Å². The lowest BCUT2D eigenvalue weighted by molar-refractivity contribution is 0.0217. The molecule has 3 fully saturated rings. The van der Waals surface area contributed by atoms with Crippen LogP contribution in [-0.4, -0.2) is 58.2 Å². The monoisotopic (exact) mass is 635 g/mol. The van der Waals surface area contributed by atoms with E-state index < -0.39 is 35.2 Å². The molecule has 2 saturated heterocycles. The van der Waals surface area contributed by atoms with Crippen molar-refractivity contribution >= 4 is 62.2 Å². The van der Waals surface area contributed by atoms with Crippen LogP contribution in [0.3, 0.4) is 0 Å². The zero-order valence-electron chi connectivity index (χ0n) is 23.8. The number of aryl methyl sites for hydroxylation is 1. The molecule has 2 aromatic rings. The number of carbonyl (C=O) groups is 2. The smallest absolute Gasteiger partial charge is 0.415 e. The van der Waals surface area contributed by atoms with E-state index in [9.17, 15) is 9.59 Å². The number of hydrogen-bond acceptors (Lipinski definition) is 8. The normalized spacial score (nSPS) is 20.2. The SMILES string of the molecule is CSc1nc2c(F)c(Br)c(CCC#N)cc2c(N(C(=O)OC(C)(C)C)[C@@H]2[C@H]3C[C@@H]2N(C(=O)OC(C)(C)C)C3)c1N. The number of halogens is 2. The first-order chi connectivity index (χ1) is 18.6. The van der Waals surface area contributed by atoms with Crippen molar-refractivity contribution in [1.82, 2.24) is 9.88 Å². The molecule has 2 N–H and O–H groups in total. The summed E-state index contributed by atoms with van der Waals surface area (Å²) in [7, 11) is 0. The topological polar surface area (TPSA) is 122 Å². The Hall–Kier alpha value is -2.78. The van der Waals surface area contributed by atoms with Crippen LogP contribution in [0.2, 0.25) is 0 Å². The van der Waals surface area contributed by atoms with Crippen molar-refractivity contribution in [2.24, 2.45) is 5.92 Å². The fourth-order valence-electron chi connectivity index (χ4n) is 5.33. The second kappa shape index (κ2) is 10.9. The van der Waals surface area contributed by atoms with Crippen LogP contribution in [-0.2, 0) is 15.9 Å². The lowest BCUT2D eigenvalue weighted by atomic mass is 9.78. The van der Waals surface area contributed by atoms with Gasteiger partial charge < -0.3 is 20.1 Å². The van der Waals surface area contributed by atoms with Gasteiger partial charge >= 0.3 is 12.2 Å². The molecule has 3 aliphatic rings. The molecule has 0 unspecified atom stereocenters.